The summed E-state index contributed by atoms with van der Waals surface area (Å²) < 4.78 is 0. The standard InChI is InChI=1S/C31H35N7O5/c1-15-24-16(8-17-11-23(39)27(31(32)43)30(42)25(15)17)9-21-22(37(2)3)10-18(28(40)26(21)29(24)41)12-38(13-19-4-6-33-35-19)14-20-5-7-34-36-20/h4-7,10,16-17,25,39-40H,8-9,11-14H2,1-3H3,(H2,32,43)(H,33,35)(H,34,36)/t16-,17+,25?/m1/s1. The zero-order valence-corrected chi connectivity index (χ0v) is 24.3. The van der Waals surface area contributed by atoms with Gasteiger partial charge in [-0.3, -0.25) is 29.5 Å². The van der Waals surface area contributed by atoms with Gasteiger partial charge in [-0.15, -0.1) is 0 Å². The number of nitrogens with two attached hydrogens (primary N) is 1. The van der Waals surface area contributed by atoms with Crippen LogP contribution in [0.2, 0.25) is 0 Å². The molecular formula is C31H35N7O5. The van der Waals surface area contributed by atoms with Crippen LogP contribution in [0.25, 0.3) is 0 Å². The Morgan fingerprint density at radius 3 is 2.26 bits per heavy atom. The fourth-order valence-corrected chi connectivity index (χ4v) is 7.28. The normalized spacial score (nSPS) is 21.6. The first-order valence-electron chi connectivity index (χ1n) is 14.3. The van der Waals surface area contributed by atoms with Gasteiger partial charge in [-0.25, -0.2) is 0 Å². The molecule has 2 aromatic heterocycles. The van der Waals surface area contributed by atoms with E-state index in [0.717, 1.165) is 22.6 Å². The molecule has 1 aromatic carbocycles. The van der Waals surface area contributed by atoms with Gasteiger partial charge in [-0.1, -0.05) is 5.57 Å². The molecular weight excluding hydrogens is 550 g/mol. The number of hydrogen-bond acceptors (Lipinski definition) is 9. The monoisotopic (exact) mass is 585 g/mol. The number of allylic oxidation sites excluding steroid dienone is 3. The number of phenols is 1. The number of nitrogens with zero attached hydrogens (tertiary/aromatic N) is 4. The number of nitrogens with one attached hydrogen (secondary N) is 2. The molecule has 43 heavy (non-hydrogen) atoms. The molecule has 2 heterocycles. The maximum absolute atomic E-state index is 14.3. The number of aromatic amines is 2. The second kappa shape index (κ2) is 10.8. The molecule has 12 nitrogen and oxygen atoms in total. The molecule has 224 valence electrons. The van der Waals surface area contributed by atoms with Crippen LogP contribution in [0, 0.1) is 17.8 Å². The highest BCUT2D eigenvalue weighted by atomic mass is 16.3. The number of carbonyl (C=O) groups is 3. The lowest BCUT2D eigenvalue weighted by Crippen LogP contribution is -2.43. The van der Waals surface area contributed by atoms with E-state index in [4.69, 9.17) is 5.73 Å². The van der Waals surface area contributed by atoms with Crippen molar-refractivity contribution in [1.29, 1.82) is 0 Å². The molecule has 0 fully saturated rings. The summed E-state index contributed by atoms with van der Waals surface area (Å²) in [5.41, 5.74) is 10.4. The summed E-state index contributed by atoms with van der Waals surface area (Å²) in [6.45, 7) is 3.12. The lowest BCUT2D eigenvalue weighted by molar-refractivity contribution is -0.125. The van der Waals surface area contributed by atoms with Gasteiger partial charge >= 0.3 is 0 Å². The van der Waals surface area contributed by atoms with Crippen molar-refractivity contribution in [1.82, 2.24) is 25.3 Å². The Kier molecular flexibility index (Phi) is 7.17. The molecule has 12 heteroatoms. The van der Waals surface area contributed by atoms with E-state index in [0.29, 0.717) is 49.2 Å². The molecule has 3 aromatic rings. The van der Waals surface area contributed by atoms with Crippen LogP contribution in [0.4, 0.5) is 5.69 Å². The van der Waals surface area contributed by atoms with Crippen LogP contribution in [0.3, 0.4) is 0 Å². The summed E-state index contributed by atoms with van der Waals surface area (Å²) >= 11 is 0. The molecule has 3 aliphatic carbocycles. The number of primary amides is 1. The molecule has 3 aliphatic rings. The first-order valence-corrected chi connectivity index (χ1v) is 14.3. The summed E-state index contributed by atoms with van der Waals surface area (Å²) in [4.78, 5) is 43.7. The molecule has 0 aliphatic heterocycles. The lowest BCUT2D eigenvalue weighted by Gasteiger charge is -2.42. The number of fused-ring (bicyclic) bond motifs is 3. The van der Waals surface area contributed by atoms with Gasteiger partial charge in [0.2, 0.25) is 0 Å². The third-order valence-corrected chi connectivity index (χ3v) is 9.04. The number of hydrogen-bond donors (Lipinski definition) is 5. The van der Waals surface area contributed by atoms with E-state index in [1.165, 1.54) is 0 Å². The minimum atomic E-state index is -0.964. The van der Waals surface area contributed by atoms with Crippen molar-refractivity contribution in [2.75, 3.05) is 19.0 Å². The van der Waals surface area contributed by atoms with Gasteiger partial charge in [0.05, 0.1) is 5.56 Å². The molecule has 6 rings (SSSR count). The van der Waals surface area contributed by atoms with E-state index >= 15 is 0 Å². The third kappa shape index (κ3) is 4.91. The molecule has 1 amide bonds. The smallest absolute Gasteiger partial charge is 0.255 e. The lowest BCUT2D eigenvalue weighted by atomic mass is 9.60. The van der Waals surface area contributed by atoms with Crippen LogP contribution < -0.4 is 10.6 Å². The quantitative estimate of drug-likeness (QED) is 0.248. The predicted molar refractivity (Wildman–Crippen MR) is 157 cm³/mol. The minimum absolute atomic E-state index is 0.0731. The summed E-state index contributed by atoms with van der Waals surface area (Å²) in [5.74, 6) is -3.29. The molecule has 0 saturated carbocycles. The maximum Gasteiger partial charge on any atom is 0.255 e. The SMILES string of the molecule is CC1=C2C(=O)c3c(O)c(CN(Cc4ccn[nH]4)Cc4ccn[nH]4)cc(N(C)C)c3C[C@H]2C[C@H]2CC(O)=C(C(N)=O)C(=O)C12. The minimum Gasteiger partial charge on any atom is -0.511 e. The second-order valence-corrected chi connectivity index (χ2v) is 12.0. The topological polar surface area (TPSA) is 182 Å². The third-order valence-electron chi connectivity index (χ3n) is 9.04. The number of aromatic nitrogens is 4. The van der Waals surface area contributed by atoms with E-state index in [1.807, 2.05) is 37.2 Å². The first kappa shape index (κ1) is 28.4. The van der Waals surface area contributed by atoms with Crippen LogP contribution >= 0.6 is 0 Å². The zero-order valence-electron chi connectivity index (χ0n) is 24.3. The van der Waals surface area contributed by atoms with E-state index in [9.17, 15) is 24.6 Å². The number of aliphatic hydroxyl groups is 1. The van der Waals surface area contributed by atoms with Crippen LogP contribution in [-0.2, 0) is 35.6 Å². The fraction of sp³-hybridized carbons (Fsp3) is 0.387. The number of H-pyrrole nitrogens is 2. The van der Waals surface area contributed by atoms with Crippen molar-refractivity contribution in [2.24, 2.45) is 23.5 Å². The number of anilines is 1. The number of amides is 1. The summed E-state index contributed by atoms with van der Waals surface area (Å²) in [6.07, 6.45) is 4.53. The van der Waals surface area contributed by atoms with Crippen molar-refractivity contribution in [3.8, 4) is 5.75 Å². The number of rotatable bonds is 8. The number of aromatic hydroxyl groups is 1. The zero-order chi connectivity index (χ0) is 30.6. The predicted octanol–water partition coefficient (Wildman–Crippen LogP) is 2.68. The van der Waals surface area contributed by atoms with Gasteiger partial charge in [-0.2, -0.15) is 10.2 Å². The number of benzene rings is 1. The summed E-state index contributed by atoms with van der Waals surface area (Å²) in [5, 5.41) is 36.3. The number of phenolic OH excluding ortho intramolecular Hbond substituents is 1. The first-order chi connectivity index (χ1) is 20.5. The van der Waals surface area contributed by atoms with E-state index in [2.05, 4.69) is 25.3 Å². The highest BCUT2D eigenvalue weighted by molar-refractivity contribution is 6.22. The van der Waals surface area contributed by atoms with Crippen molar-refractivity contribution in [2.45, 2.75) is 45.8 Å². The molecule has 0 spiro atoms. The van der Waals surface area contributed by atoms with Crippen LogP contribution in [0.15, 0.2) is 53.1 Å². The Morgan fingerprint density at radius 2 is 1.70 bits per heavy atom. The molecule has 6 N–H and O–H groups in total. The number of aliphatic hydroxyl groups excluding tert-OH is 1. The van der Waals surface area contributed by atoms with Crippen molar-refractivity contribution in [3.63, 3.8) is 0 Å². The largest absolute Gasteiger partial charge is 0.511 e. The van der Waals surface area contributed by atoms with Gasteiger partial charge in [0.25, 0.3) is 5.91 Å². The van der Waals surface area contributed by atoms with Gasteiger partial charge < -0.3 is 20.8 Å². The van der Waals surface area contributed by atoms with Crippen LogP contribution in [0.5, 0.6) is 5.75 Å². The van der Waals surface area contributed by atoms with Crippen molar-refractivity contribution in [3.05, 3.63) is 81.1 Å². The van der Waals surface area contributed by atoms with Crippen molar-refractivity contribution >= 4 is 23.2 Å². The molecule has 0 bridgehead atoms. The van der Waals surface area contributed by atoms with Crippen LogP contribution in [0.1, 0.15) is 52.6 Å². The second-order valence-electron chi connectivity index (χ2n) is 12.0. The van der Waals surface area contributed by atoms with Crippen LogP contribution in [-0.4, -0.2) is 67.1 Å². The highest BCUT2D eigenvalue weighted by Gasteiger charge is 2.49. The van der Waals surface area contributed by atoms with Gasteiger partial charge in [0.15, 0.2) is 11.6 Å². The Bertz CT molecular complexity index is 1630. The molecule has 0 radical (unpaired) electrons. The van der Waals surface area contributed by atoms with Gasteiger partial charge in [-0.05, 0) is 55.4 Å². The maximum atomic E-state index is 14.3. The van der Waals surface area contributed by atoms with E-state index in [-0.39, 0.29) is 46.7 Å². The molecule has 3 atom stereocenters. The number of ketones is 2. The average molecular weight is 586 g/mol. The van der Waals surface area contributed by atoms with E-state index in [1.54, 1.807) is 19.3 Å². The summed E-state index contributed by atoms with van der Waals surface area (Å²) in [7, 11) is 3.82. The van der Waals surface area contributed by atoms with E-state index < -0.39 is 17.6 Å². The highest BCUT2D eigenvalue weighted by Crippen LogP contribution is 2.51. The Morgan fingerprint density at radius 1 is 1.05 bits per heavy atom. The fourth-order valence-electron chi connectivity index (χ4n) is 7.28. The Labute approximate surface area is 248 Å². The Hall–Kier alpha value is -4.71. The Balaban J connectivity index is 1.41. The number of Topliss-reactive ketones (excluding diaryl/α,β-unsaturated/α-hetero) is 2. The number of carbonyl (C=O) groups excluding carboxylic acids is 3. The average Bonchev–Trinajstić information content (AvgIpc) is 3.64. The molecule has 1 unspecified atom stereocenters. The van der Waals surface area contributed by atoms with Gasteiger partial charge in [0.1, 0.15) is 17.1 Å². The summed E-state index contributed by atoms with van der Waals surface area (Å²) in [6, 6.07) is 5.72. The van der Waals surface area contributed by atoms with Crippen molar-refractivity contribution < 1.29 is 24.6 Å². The van der Waals surface area contributed by atoms with Gasteiger partial charge in [0, 0.05) is 86.7 Å². The molecule has 0 saturated heterocycles.